The smallest absolute Gasteiger partial charge is 0.335 e. The summed E-state index contributed by atoms with van der Waals surface area (Å²) in [5, 5.41) is 18.6. The zero-order chi connectivity index (χ0) is 18.9. The summed E-state index contributed by atoms with van der Waals surface area (Å²) < 4.78 is 0. The van der Waals surface area contributed by atoms with Crippen molar-refractivity contribution in [3.05, 3.63) is 71.3 Å². The minimum Gasteiger partial charge on any atom is -0.481 e. The molecule has 0 heterocycles. The lowest BCUT2D eigenvalue weighted by atomic mass is 9.84. The number of benzene rings is 2. The fraction of sp³-hybridized carbons (Fsp3) is 0.364. The van der Waals surface area contributed by atoms with Gasteiger partial charge >= 0.3 is 11.9 Å². The lowest BCUT2D eigenvalue weighted by molar-refractivity contribution is -0.142. The Bertz CT molecular complexity index is 707. The molecule has 2 atom stereocenters. The highest BCUT2D eigenvalue weighted by Crippen LogP contribution is 2.32. The molecular formula is C22H26O4. The third kappa shape index (κ3) is 5.45. The molecule has 0 radical (unpaired) electrons. The van der Waals surface area contributed by atoms with Crippen molar-refractivity contribution in [3.8, 4) is 0 Å². The number of carboxylic acid groups (broad SMARTS) is 2. The number of hydrogen-bond donors (Lipinski definition) is 2. The van der Waals surface area contributed by atoms with Gasteiger partial charge in [0.1, 0.15) is 0 Å². The Morgan fingerprint density at radius 1 is 0.846 bits per heavy atom. The molecule has 4 heteroatoms. The van der Waals surface area contributed by atoms with E-state index in [0.29, 0.717) is 12.8 Å². The van der Waals surface area contributed by atoms with E-state index in [0.717, 1.165) is 30.4 Å². The Labute approximate surface area is 154 Å². The first-order valence-corrected chi connectivity index (χ1v) is 9.14. The van der Waals surface area contributed by atoms with Crippen LogP contribution >= 0.6 is 0 Å². The molecule has 0 spiro atoms. The maximum absolute atomic E-state index is 11.5. The summed E-state index contributed by atoms with van der Waals surface area (Å²) in [5.41, 5.74) is 2.39. The van der Waals surface area contributed by atoms with Crippen LogP contribution in [-0.4, -0.2) is 22.2 Å². The highest BCUT2D eigenvalue weighted by molar-refractivity contribution is 5.87. The predicted octanol–water partition coefficient (Wildman–Crippen LogP) is 5.19. The minimum absolute atomic E-state index is 0.0579. The molecule has 2 aromatic rings. The van der Waals surface area contributed by atoms with Gasteiger partial charge in [0.05, 0.1) is 11.5 Å². The minimum atomic E-state index is -0.946. The zero-order valence-corrected chi connectivity index (χ0v) is 15.1. The van der Waals surface area contributed by atoms with Crippen molar-refractivity contribution in [2.75, 3.05) is 0 Å². The van der Waals surface area contributed by atoms with Gasteiger partial charge in [-0.15, -0.1) is 0 Å². The highest BCUT2D eigenvalue weighted by Gasteiger charge is 2.21. The maximum Gasteiger partial charge on any atom is 0.335 e. The molecule has 0 amide bonds. The molecule has 2 unspecified atom stereocenters. The number of carboxylic acids is 2. The Morgan fingerprint density at radius 3 is 2.00 bits per heavy atom. The fourth-order valence-corrected chi connectivity index (χ4v) is 3.28. The lowest BCUT2D eigenvalue weighted by Crippen LogP contribution is -2.15. The molecule has 138 valence electrons. The standard InChI is InChI=1S/C22H26O4/c1-2-3-7-18(21(23)24)14-15-20(16-8-5-4-6-9-16)17-10-12-19(13-11-17)22(25)26/h4-6,8-13,18,20H,2-3,7,14-15H2,1H3,(H,23,24)(H,25,26). The van der Waals surface area contributed by atoms with Crippen molar-refractivity contribution in [1.82, 2.24) is 0 Å². The summed E-state index contributed by atoms with van der Waals surface area (Å²) in [6.07, 6.45) is 3.93. The quantitative estimate of drug-likeness (QED) is 0.616. The zero-order valence-electron chi connectivity index (χ0n) is 15.1. The summed E-state index contributed by atoms with van der Waals surface area (Å²) in [4.78, 5) is 22.6. The molecule has 0 aromatic heterocycles. The van der Waals surface area contributed by atoms with Crippen molar-refractivity contribution in [2.45, 2.75) is 44.9 Å². The summed E-state index contributed by atoms with van der Waals surface area (Å²) in [6, 6.07) is 16.9. The second-order valence-corrected chi connectivity index (χ2v) is 6.65. The van der Waals surface area contributed by atoms with E-state index in [1.807, 2.05) is 42.5 Å². The average molecular weight is 354 g/mol. The van der Waals surface area contributed by atoms with Crippen LogP contribution in [0, 0.1) is 5.92 Å². The summed E-state index contributed by atoms with van der Waals surface area (Å²) in [7, 11) is 0. The molecule has 0 fully saturated rings. The third-order valence-corrected chi connectivity index (χ3v) is 4.82. The molecule has 26 heavy (non-hydrogen) atoms. The molecule has 0 bridgehead atoms. The first-order valence-electron chi connectivity index (χ1n) is 9.14. The van der Waals surface area contributed by atoms with Gasteiger partial charge in [-0.25, -0.2) is 4.79 Å². The average Bonchev–Trinajstić information content (AvgIpc) is 2.65. The SMILES string of the molecule is CCCCC(CCC(c1ccccc1)c1ccc(C(=O)O)cc1)C(=O)O. The van der Waals surface area contributed by atoms with Crippen molar-refractivity contribution in [1.29, 1.82) is 0 Å². The number of rotatable bonds is 10. The van der Waals surface area contributed by atoms with Gasteiger partial charge in [-0.05, 0) is 42.5 Å². The number of aromatic carboxylic acids is 1. The Balaban J connectivity index is 2.21. The largest absolute Gasteiger partial charge is 0.481 e. The Hall–Kier alpha value is -2.62. The van der Waals surface area contributed by atoms with E-state index in [4.69, 9.17) is 5.11 Å². The number of aliphatic carboxylic acids is 1. The molecule has 0 aliphatic carbocycles. The van der Waals surface area contributed by atoms with Crippen LogP contribution in [0.2, 0.25) is 0 Å². The maximum atomic E-state index is 11.5. The van der Waals surface area contributed by atoms with Crippen molar-refractivity contribution >= 4 is 11.9 Å². The topological polar surface area (TPSA) is 74.6 Å². The molecule has 2 aromatic carbocycles. The fourth-order valence-electron chi connectivity index (χ4n) is 3.28. The summed E-state index contributed by atoms with van der Waals surface area (Å²) >= 11 is 0. The van der Waals surface area contributed by atoms with Crippen molar-refractivity contribution in [3.63, 3.8) is 0 Å². The van der Waals surface area contributed by atoms with Gasteiger partial charge < -0.3 is 10.2 Å². The summed E-state index contributed by atoms with van der Waals surface area (Å²) in [5.74, 6) is -1.95. The molecule has 2 rings (SSSR count). The van der Waals surface area contributed by atoms with E-state index < -0.39 is 11.9 Å². The molecule has 2 N–H and O–H groups in total. The van der Waals surface area contributed by atoms with Crippen LogP contribution in [-0.2, 0) is 4.79 Å². The molecular weight excluding hydrogens is 328 g/mol. The van der Waals surface area contributed by atoms with Crippen LogP contribution < -0.4 is 0 Å². The molecule has 0 aliphatic heterocycles. The van der Waals surface area contributed by atoms with Gasteiger partial charge in [-0.3, -0.25) is 4.79 Å². The second kappa shape index (κ2) is 9.76. The molecule has 0 aliphatic rings. The molecule has 0 saturated carbocycles. The van der Waals surface area contributed by atoms with Crippen LogP contribution in [0.5, 0.6) is 0 Å². The Kier molecular flexibility index (Phi) is 7.39. The Morgan fingerprint density at radius 2 is 1.46 bits per heavy atom. The van der Waals surface area contributed by atoms with Gasteiger partial charge in [0.15, 0.2) is 0 Å². The lowest BCUT2D eigenvalue weighted by Gasteiger charge is -2.20. The number of unbranched alkanes of at least 4 members (excludes halogenated alkanes) is 1. The van der Waals surface area contributed by atoms with E-state index in [-0.39, 0.29) is 17.4 Å². The van der Waals surface area contributed by atoms with E-state index in [2.05, 4.69) is 6.92 Å². The van der Waals surface area contributed by atoms with Crippen molar-refractivity contribution in [2.24, 2.45) is 5.92 Å². The first kappa shape index (κ1) is 19.7. The molecule has 4 nitrogen and oxygen atoms in total. The monoisotopic (exact) mass is 354 g/mol. The van der Waals surface area contributed by atoms with Gasteiger partial charge in [0.25, 0.3) is 0 Å². The van der Waals surface area contributed by atoms with E-state index >= 15 is 0 Å². The van der Waals surface area contributed by atoms with E-state index in [1.54, 1.807) is 12.1 Å². The van der Waals surface area contributed by atoms with Crippen LogP contribution in [0.15, 0.2) is 54.6 Å². The summed E-state index contributed by atoms with van der Waals surface area (Å²) in [6.45, 7) is 2.07. The highest BCUT2D eigenvalue weighted by atomic mass is 16.4. The van der Waals surface area contributed by atoms with Crippen LogP contribution in [0.4, 0.5) is 0 Å². The molecule has 0 saturated heterocycles. The van der Waals surface area contributed by atoms with E-state index in [9.17, 15) is 14.7 Å². The van der Waals surface area contributed by atoms with Gasteiger partial charge in [0.2, 0.25) is 0 Å². The van der Waals surface area contributed by atoms with Crippen LogP contribution in [0.25, 0.3) is 0 Å². The third-order valence-electron chi connectivity index (χ3n) is 4.82. The second-order valence-electron chi connectivity index (χ2n) is 6.65. The van der Waals surface area contributed by atoms with Crippen LogP contribution in [0.3, 0.4) is 0 Å². The normalized spacial score (nSPS) is 13.1. The predicted molar refractivity (Wildman–Crippen MR) is 102 cm³/mol. The van der Waals surface area contributed by atoms with E-state index in [1.165, 1.54) is 0 Å². The number of carbonyl (C=O) groups is 2. The van der Waals surface area contributed by atoms with Gasteiger partial charge in [-0.1, -0.05) is 62.2 Å². The van der Waals surface area contributed by atoms with Gasteiger partial charge in [-0.2, -0.15) is 0 Å². The number of hydrogen-bond acceptors (Lipinski definition) is 2. The first-order chi connectivity index (χ1) is 12.5. The van der Waals surface area contributed by atoms with Gasteiger partial charge in [0, 0.05) is 5.92 Å². The van der Waals surface area contributed by atoms with Crippen molar-refractivity contribution < 1.29 is 19.8 Å². The van der Waals surface area contributed by atoms with Crippen LogP contribution in [0.1, 0.15) is 66.4 Å².